The Labute approximate surface area is 186 Å². The average Bonchev–Trinajstić information content (AvgIpc) is 2.79. The van der Waals surface area contributed by atoms with E-state index in [0.29, 0.717) is 0 Å². The molecule has 1 saturated carbocycles. The molecule has 2 aromatic carbocycles. The molecule has 0 bridgehead atoms. The van der Waals surface area contributed by atoms with Crippen molar-refractivity contribution in [1.29, 1.82) is 0 Å². The molecule has 0 aromatic heterocycles. The molecule has 1 aliphatic carbocycles. The van der Waals surface area contributed by atoms with Gasteiger partial charge in [0.1, 0.15) is 5.75 Å². The Morgan fingerprint density at radius 2 is 1.35 bits per heavy atom. The van der Waals surface area contributed by atoms with E-state index in [4.69, 9.17) is 0 Å². The molecule has 3 heteroatoms. The van der Waals surface area contributed by atoms with E-state index in [0.717, 1.165) is 29.4 Å². The van der Waals surface area contributed by atoms with Crippen molar-refractivity contribution in [2.24, 2.45) is 11.8 Å². The monoisotopic (exact) mass is 424 g/mol. The van der Waals surface area contributed by atoms with Gasteiger partial charge in [0.15, 0.2) is 0 Å². The third kappa shape index (κ3) is 8.37. The first-order chi connectivity index (χ1) is 15.1. The van der Waals surface area contributed by atoms with Gasteiger partial charge in [0.05, 0.1) is 0 Å². The van der Waals surface area contributed by atoms with Crippen LogP contribution in [0.1, 0.15) is 81.4 Å². The molecule has 0 heterocycles. The van der Waals surface area contributed by atoms with Crippen LogP contribution in [0.4, 0.5) is 8.78 Å². The highest BCUT2D eigenvalue weighted by atomic mass is 19.3. The van der Waals surface area contributed by atoms with Gasteiger partial charge in [0, 0.05) is 11.1 Å². The summed E-state index contributed by atoms with van der Waals surface area (Å²) in [5.41, 5.74) is 3.12. The maximum atomic E-state index is 12.2. The third-order valence-corrected chi connectivity index (χ3v) is 6.41. The Hall–Kier alpha value is -2.34. The van der Waals surface area contributed by atoms with Crippen molar-refractivity contribution in [3.05, 3.63) is 65.2 Å². The first-order valence-corrected chi connectivity index (χ1v) is 11.8. The Balaban J connectivity index is 1.41. The van der Waals surface area contributed by atoms with E-state index in [2.05, 4.69) is 47.8 Å². The number of alkyl halides is 2. The van der Waals surface area contributed by atoms with Crippen LogP contribution in [0.15, 0.2) is 48.5 Å². The quantitative estimate of drug-likeness (QED) is 0.293. The number of aryl methyl sites for hydroxylation is 1. The van der Waals surface area contributed by atoms with Crippen LogP contribution in [-0.2, 0) is 6.42 Å². The number of hydrogen-bond donors (Lipinski definition) is 0. The summed E-state index contributed by atoms with van der Waals surface area (Å²) in [6, 6.07) is 14.9. The number of benzene rings is 2. The molecule has 0 radical (unpaired) electrons. The highest BCUT2D eigenvalue weighted by molar-refractivity contribution is 5.44. The minimum Gasteiger partial charge on any atom is -0.435 e. The summed E-state index contributed by atoms with van der Waals surface area (Å²) in [4.78, 5) is 0. The Morgan fingerprint density at radius 3 is 1.90 bits per heavy atom. The van der Waals surface area contributed by atoms with Crippen LogP contribution < -0.4 is 4.74 Å². The Kier molecular flexibility index (Phi) is 9.40. The minimum atomic E-state index is -2.80. The van der Waals surface area contributed by atoms with Crippen LogP contribution in [0.3, 0.4) is 0 Å². The van der Waals surface area contributed by atoms with Gasteiger partial charge in [-0.15, -0.1) is 0 Å². The molecule has 0 atom stereocenters. The Bertz CT molecular complexity index is 822. The summed E-state index contributed by atoms with van der Waals surface area (Å²) >= 11 is 0. The van der Waals surface area contributed by atoms with Crippen molar-refractivity contribution in [1.82, 2.24) is 0 Å². The fraction of sp³-hybridized carbons (Fsp3) is 0.500. The normalized spacial score (nSPS) is 18.5. The van der Waals surface area contributed by atoms with Gasteiger partial charge in [-0.05, 0) is 66.6 Å². The van der Waals surface area contributed by atoms with Crippen molar-refractivity contribution >= 4 is 0 Å². The van der Waals surface area contributed by atoms with Crippen LogP contribution >= 0.6 is 0 Å². The van der Waals surface area contributed by atoms with Crippen molar-refractivity contribution < 1.29 is 13.5 Å². The zero-order chi connectivity index (χ0) is 21.9. The predicted octanol–water partition coefficient (Wildman–Crippen LogP) is 8.01. The molecule has 31 heavy (non-hydrogen) atoms. The summed E-state index contributed by atoms with van der Waals surface area (Å²) in [7, 11) is 0. The van der Waals surface area contributed by atoms with E-state index in [1.54, 1.807) is 12.1 Å². The van der Waals surface area contributed by atoms with Gasteiger partial charge in [0.2, 0.25) is 0 Å². The lowest BCUT2D eigenvalue weighted by atomic mass is 9.78. The van der Waals surface area contributed by atoms with E-state index < -0.39 is 6.61 Å². The fourth-order valence-corrected chi connectivity index (χ4v) is 4.48. The average molecular weight is 425 g/mol. The van der Waals surface area contributed by atoms with Crippen molar-refractivity contribution in [3.8, 4) is 17.6 Å². The molecule has 166 valence electrons. The lowest BCUT2D eigenvalue weighted by molar-refractivity contribution is -0.0498. The van der Waals surface area contributed by atoms with Crippen LogP contribution in [0.5, 0.6) is 5.75 Å². The maximum Gasteiger partial charge on any atom is 0.387 e. The standard InChI is InChI=1S/C28H34F2O/c1-2-3-4-5-22-6-8-23(9-7-22)10-11-24-12-14-25(15-13-24)16-17-26-18-20-27(21-19-26)31-28(29)30/h12-15,18-23,28H,2-11H2,1H3/t22-,23-. The SMILES string of the molecule is CCCCC[C@H]1CC[C@H](CCc2ccc(C#Cc3ccc(OC(F)F)cc3)cc2)CC1. The first-order valence-electron chi connectivity index (χ1n) is 11.8. The molecule has 1 aliphatic rings. The summed E-state index contributed by atoms with van der Waals surface area (Å²) in [5, 5.41) is 0. The van der Waals surface area contributed by atoms with Crippen LogP contribution in [-0.4, -0.2) is 6.61 Å². The lowest BCUT2D eigenvalue weighted by Gasteiger charge is -2.28. The molecule has 0 aliphatic heterocycles. The number of unbranched alkanes of at least 4 members (excludes halogenated alkanes) is 2. The summed E-state index contributed by atoms with van der Waals surface area (Å²) in [6.45, 7) is -0.522. The van der Waals surface area contributed by atoms with E-state index in [1.165, 1.54) is 75.5 Å². The van der Waals surface area contributed by atoms with Crippen LogP contribution in [0.2, 0.25) is 0 Å². The third-order valence-electron chi connectivity index (χ3n) is 6.41. The largest absolute Gasteiger partial charge is 0.435 e. The molecule has 0 N–H and O–H groups in total. The zero-order valence-corrected chi connectivity index (χ0v) is 18.6. The Morgan fingerprint density at radius 1 is 0.806 bits per heavy atom. The molecule has 0 spiro atoms. The molecule has 0 unspecified atom stereocenters. The smallest absolute Gasteiger partial charge is 0.387 e. The highest BCUT2D eigenvalue weighted by Gasteiger charge is 2.20. The van der Waals surface area contributed by atoms with Gasteiger partial charge in [-0.3, -0.25) is 0 Å². The van der Waals surface area contributed by atoms with Gasteiger partial charge in [-0.1, -0.05) is 82.3 Å². The van der Waals surface area contributed by atoms with Gasteiger partial charge < -0.3 is 4.74 Å². The van der Waals surface area contributed by atoms with Gasteiger partial charge in [-0.2, -0.15) is 8.78 Å². The first kappa shape index (κ1) is 23.3. The lowest BCUT2D eigenvalue weighted by Crippen LogP contribution is -2.15. The van der Waals surface area contributed by atoms with Crippen molar-refractivity contribution in [3.63, 3.8) is 0 Å². The number of halogens is 2. The predicted molar refractivity (Wildman–Crippen MR) is 123 cm³/mol. The number of ether oxygens (including phenoxy) is 1. The molecule has 0 amide bonds. The fourth-order valence-electron chi connectivity index (χ4n) is 4.48. The number of rotatable bonds is 9. The maximum absolute atomic E-state index is 12.2. The van der Waals surface area contributed by atoms with E-state index in [1.807, 2.05) is 0 Å². The second kappa shape index (κ2) is 12.5. The molecule has 1 fully saturated rings. The molecule has 0 saturated heterocycles. The van der Waals surface area contributed by atoms with E-state index >= 15 is 0 Å². The summed E-state index contributed by atoms with van der Waals surface area (Å²) in [6.07, 6.45) is 13.7. The van der Waals surface area contributed by atoms with Gasteiger partial charge in [0.25, 0.3) is 0 Å². The van der Waals surface area contributed by atoms with Crippen molar-refractivity contribution in [2.45, 2.75) is 77.7 Å². The molecule has 3 rings (SSSR count). The van der Waals surface area contributed by atoms with E-state index in [9.17, 15) is 8.78 Å². The minimum absolute atomic E-state index is 0.148. The van der Waals surface area contributed by atoms with Gasteiger partial charge in [-0.25, -0.2) is 0 Å². The molecule has 2 aromatic rings. The zero-order valence-electron chi connectivity index (χ0n) is 18.6. The summed E-state index contributed by atoms with van der Waals surface area (Å²) in [5.74, 6) is 8.23. The highest BCUT2D eigenvalue weighted by Crippen LogP contribution is 2.34. The number of hydrogen-bond acceptors (Lipinski definition) is 1. The second-order valence-corrected chi connectivity index (χ2v) is 8.77. The van der Waals surface area contributed by atoms with Crippen molar-refractivity contribution in [2.75, 3.05) is 0 Å². The molecular weight excluding hydrogens is 390 g/mol. The van der Waals surface area contributed by atoms with Crippen LogP contribution in [0.25, 0.3) is 0 Å². The molecule has 1 nitrogen and oxygen atoms in total. The summed E-state index contributed by atoms with van der Waals surface area (Å²) < 4.78 is 28.8. The molecular formula is C28H34F2O. The second-order valence-electron chi connectivity index (χ2n) is 8.77. The van der Waals surface area contributed by atoms with Gasteiger partial charge >= 0.3 is 6.61 Å². The van der Waals surface area contributed by atoms with Crippen LogP contribution in [0, 0.1) is 23.7 Å². The topological polar surface area (TPSA) is 9.23 Å². The van der Waals surface area contributed by atoms with E-state index in [-0.39, 0.29) is 5.75 Å².